The van der Waals surface area contributed by atoms with Crippen molar-refractivity contribution in [3.63, 3.8) is 0 Å². The van der Waals surface area contributed by atoms with E-state index in [1.807, 2.05) is 29.2 Å². The van der Waals surface area contributed by atoms with Gasteiger partial charge in [0.05, 0.1) is 0 Å². The molecule has 0 saturated heterocycles. The Labute approximate surface area is 143 Å². The lowest BCUT2D eigenvalue weighted by Crippen LogP contribution is -2.33. The van der Waals surface area contributed by atoms with Crippen molar-refractivity contribution < 1.29 is 9.21 Å². The predicted octanol–water partition coefficient (Wildman–Crippen LogP) is 4.51. The molecule has 0 aliphatic heterocycles. The fraction of sp³-hybridized carbons (Fsp3) is 0.400. The van der Waals surface area contributed by atoms with Gasteiger partial charge in [0, 0.05) is 19.0 Å². The van der Waals surface area contributed by atoms with Crippen molar-refractivity contribution in [1.29, 1.82) is 0 Å². The van der Waals surface area contributed by atoms with E-state index in [0.29, 0.717) is 18.2 Å². The molecule has 1 heterocycles. The molecule has 0 radical (unpaired) electrons. The van der Waals surface area contributed by atoms with Gasteiger partial charge in [0.15, 0.2) is 12.1 Å². The zero-order chi connectivity index (χ0) is 16.8. The Hall–Kier alpha value is -2.36. The monoisotopic (exact) mass is 324 g/mol. The van der Waals surface area contributed by atoms with Crippen LogP contribution in [0.5, 0.6) is 0 Å². The van der Waals surface area contributed by atoms with E-state index in [1.165, 1.54) is 6.39 Å². The molecule has 1 aromatic heterocycles. The molecule has 1 fully saturated rings. The average molecular weight is 324 g/mol. The number of amides is 1. The highest BCUT2D eigenvalue weighted by atomic mass is 16.3. The van der Waals surface area contributed by atoms with Crippen molar-refractivity contribution in [3.05, 3.63) is 59.8 Å². The van der Waals surface area contributed by atoms with Crippen molar-refractivity contribution >= 4 is 12.0 Å². The summed E-state index contributed by atoms with van der Waals surface area (Å²) in [6.45, 7) is 3.46. The Kier molecular flexibility index (Phi) is 5.47. The van der Waals surface area contributed by atoms with E-state index in [4.69, 9.17) is 4.42 Å². The third-order valence-corrected chi connectivity index (χ3v) is 4.25. The first-order valence-corrected chi connectivity index (χ1v) is 8.74. The number of carbonyl (C=O) groups is 1. The Balaban J connectivity index is 1.69. The number of unbranched alkanes of at least 4 members (excludes halogenated alkanes) is 1. The molecule has 1 amide bonds. The SMILES string of the molecule is CCCCN(C/C=C/c1ccccc1)C(=O)c1ncoc1C1CC1. The van der Waals surface area contributed by atoms with Gasteiger partial charge in [0.25, 0.3) is 5.91 Å². The van der Waals surface area contributed by atoms with Crippen molar-refractivity contribution in [2.24, 2.45) is 0 Å². The van der Waals surface area contributed by atoms with E-state index < -0.39 is 0 Å². The highest BCUT2D eigenvalue weighted by Gasteiger charge is 2.33. The van der Waals surface area contributed by atoms with Crippen LogP contribution in [0.3, 0.4) is 0 Å². The van der Waals surface area contributed by atoms with Crippen molar-refractivity contribution in [2.45, 2.75) is 38.5 Å². The molecule has 1 aliphatic carbocycles. The molecule has 1 aliphatic rings. The van der Waals surface area contributed by atoms with E-state index >= 15 is 0 Å². The molecule has 0 spiro atoms. The van der Waals surface area contributed by atoms with E-state index in [2.05, 4.69) is 30.1 Å². The first-order chi connectivity index (χ1) is 11.8. The summed E-state index contributed by atoms with van der Waals surface area (Å²) in [4.78, 5) is 18.9. The average Bonchev–Trinajstić information content (AvgIpc) is 3.35. The van der Waals surface area contributed by atoms with Gasteiger partial charge in [0.2, 0.25) is 0 Å². The number of hydrogen-bond donors (Lipinski definition) is 0. The molecule has 0 bridgehead atoms. The van der Waals surface area contributed by atoms with Gasteiger partial charge in [-0.15, -0.1) is 0 Å². The second-order valence-electron chi connectivity index (χ2n) is 6.26. The van der Waals surface area contributed by atoms with Crippen molar-refractivity contribution in [1.82, 2.24) is 9.88 Å². The second kappa shape index (κ2) is 7.95. The smallest absolute Gasteiger partial charge is 0.276 e. The molecule has 1 saturated carbocycles. The van der Waals surface area contributed by atoms with E-state index in [9.17, 15) is 4.79 Å². The fourth-order valence-electron chi connectivity index (χ4n) is 2.71. The van der Waals surface area contributed by atoms with Crippen LogP contribution in [0.25, 0.3) is 6.08 Å². The number of benzene rings is 1. The van der Waals surface area contributed by atoms with Crippen LogP contribution in [0.4, 0.5) is 0 Å². The Bertz CT molecular complexity index is 687. The van der Waals surface area contributed by atoms with Gasteiger partial charge in [-0.3, -0.25) is 4.79 Å². The highest BCUT2D eigenvalue weighted by molar-refractivity contribution is 5.93. The third-order valence-electron chi connectivity index (χ3n) is 4.25. The van der Waals surface area contributed by atoms with Gasteiger partial charge >= 0.3 is 0 Å². The lowest BCUT2D eigenvalue weighted by atomic mass is 10.2. The summed E-state index contributed by atoms with van der Waals surface area (Å²) in [7, 11) is 0. The first-order valence-electron chi connectivity index (χ1n) is 8.74. The second-order valence-corrected chi connectivity index (χ2v) is 6.26. The maximum absolute atomic E-state index is 12.9. The molecule has 2 aromatic rings. The summed E-state index contributed by atoms with van der Waals surface area (Å²) in [5.74, 6) is 1.14. The summed E-state index contributed by atoms with van der Waals surface area (Å²) < 4.78 is 5.46. The highest BCUT2D eigenvalue weighted by Crippen LogP contribution is 2.41. The molecule has 3 rings (SSSR count). The molecular formula is C20H24N2O2. The van der Waals surface area contributed by atoms with Gasteiger partial charge < -0.3 is 9.32 Å². The van der Waals surface area contributed by atoms with Crippen molar-refractivity contribution in [2.75, 3.05) is 13.1 Å². The maximum Gasteiger partial charge on any atom is 0.276 e. The minimum Gasteiger partial charge on any atom is -0.447 e. The third kappa shape index (κ3) is 4.13. The van der Waals surface area contributed by atoms with Crippen LogP contribution in [0.1, 0.15) is 60.3 Å². The van der Waals surface area contributed by atoms with E-state index in [-0.39, 0.29) is 5.91 Å². The van der Waals surface area contributed by atoms with Crippen LogP contribution in [0.15, 0.2) is 47.2 Å². The number of rotatable bonds is 8. The quantitative estimate of drug-likeness (QED) is 0.718. The molecule has 4 nitrogen and oxygen atoms in total. The number of oxazole rings is 1. The zero-order valence-corrected chi connectivity index (χ0v) is 14.1. The molecule has 24 heavy (non-hydrogen) atoms. The molecule has 0 atom stereocenters. The number of hydrogen-bond acceptors (Lipinski definition) is 3. The van der Waals surface area contributed by atoms with Crippen LogP contribution in [0, 0.1) is 0 Å². The lowest BCUT2D eigenvalue weighted by Gasteiger charge is -2.20. The predicted molar refractivity (Wildman–Crippen MR) is 94.8 cm³/mol. The Morgan fingerprint density at radius 2 is 2.12 bits per heavy atom. The van der Waals surface area contributed by atoms with E-state index in [0.717, 1.165) is 43.6 Å². The number of carbonyl (C=O) groups excluding carboxylic acids is 1. The normalized spacial score (nSPS) is 14.2. The Morgan fingerprint density at radius 1 is 1.33 bits per heavy atom. The van der Waals surface area contributed by atoms with Gasteiger partial charge in [-0.1, -0.05) is 55.8 Å². The summed E-state index contributed by atoms with van der Waals surface area (Å²) in [6.07, 6.45) is 9.73. The molecule has 0 N–H and O–H groups in total. The molecular weight excluding hydrogens is 300 g/mol. The fourth-order valence-corrected chi connectivity index (χ4v) is 2.71. The van der Waals surface area contributed by atoms with Crippen molar-refractivity contribution in [3.8, 4) is 0 Å². The van der Waals surface area contributed by atoms with Crippen LogP contribution >= 0.6 is 0 Å². The first kappa shape index (κ1) is 16.5. The largest absolute Gasteiger partial charge is 0.447 e. The summed E-state index contributed by atoms with van der Waals surface area (Å²) in [5.41, 5.74) is 1.64. The number of aromatic nitrogens is 1. The molecule has 1 aromatic carbocycles. The molecule has 4 heteroatoms. The van der Waals surface area contributed by atoms with Gasteiger partial charge in [0.1, 0.15) is 5.76 Å². The minimum atomic E-state index is -0.0168. The van der Waals surface area contributed by atoms with Gasteiger partial charge in [-0.05, 0) is 24.8 Å². The summed E-state index contributed by atoms with van der Waals surface area (Å²) in [5, 5.41) is 0. The molecule has 0 unspecified atom stereocenters. The topological polar surface area (TPSA) is 46.3 Å². The maximum atomic E-state index is 12.9. The minimum absolute atomic E-state index is 0.0168. The van der Waals surface area contributed by atoms with Crippen LogP contribution in [-0.2, 0) is 0 Å². The van der Waals surface area contributed by atoms with E-state index in [1.54, 1.807) is 0 Å². The summed E-state index contributed by atoms with van der Waals surface area (Å²) in [6, 6.07) is 10.1. The Morgan fingerprint density at radius 3 is 2.83 bits per heavy atom. The molecule has 126 valence electrons. The summed E-state index contributed by atoms with van der Waals surface area (Å²) >= 11 is 0. The standard InChI is InChI=1S/C20H24N2O2/c1-2-3-13-22(14-7-10-16-8-5-4-6-9-16)20(23)18-19(17-11-12-17)24-15-21-18/h4-10,15,17H,2-3,11-14H2,1H3/b10-7+. The van der Waals surface area contributed by atoms with Gasteiger partial charge in [-0.2, -0.15) is 0 Å². The van der Waals surface area contributed by atoms with Gasteiger partial charge in [-0.25, -0.2) is 4.98 Å². The van der Waals surface area contributed by atoms with Crippen LogP contribution in [0.2, 0.25) is 0 Å². The van der Waals surface area contributed by atoms with Crippen LogP contribution in [-0.4, -0.2) is 28.9 Å². The zero-order valence-electron chi connectivity index (χ0n) is 14.1. The number of nitrogens with zero attached hydrogens (tertiary/aromatic N) is 2. The lowest BCUT2D eigenvalue weighted by molar-refractivity contribution is 0.0764. The van der Waals surface area contributed by atoms with Crippen LogP contribution < -0.4 is 0 Å².